The van der Waals surface area contributed by atoms with Gasteiger partial charge in [-0.3, -0.25) is 4.21 Å². The lowest BCUT2D eigenvalue weighted by molar-refractivity contribution is 0.611. The Hall–Kier alpha value is -1.24. The molecule has 0 aliphatic heterocycles. The summed E-state index contributed by atoms with van der Waals surface area (Å²) < 4.78 is 24.6. The molecule has 0 bridgehead atoms. The SMILES string of the molecule is CCCNc1ncc(F)c(NC(C)CCS(C)=O)n1. The molecule has 1 aromatic heterocycles. The number of nitrogens with zero attached hydrogens (tertiary/aromatic N) is 2. The molecule has 0 saturated carbocycles. The Morgan fingerprint density at radius 1 is 1.53 bits per heavy atom. The van der Waals surface area contributed by atoms with Crippen molar-refractivity contribution in [1.29, 1.82) is 0 Å². The van der Waals surface area contributed by atoms with Crippen molar-refractivity contribution in [1.82, 2.24) is 9.97 Å². The fourth-order valence-electron chi connectivity index (χ4n) is 1.44. The summed E-state index contributed by atoms with van der Waals surface area (Å²) in [7, 11) is -0.837. The van der Waals surface area contributed by atoms with Gasteiger partial charge in [0.25, 0.3) is 0 Å². The van der Waals surface area contributed by atoms with E-state index in [9.17, 15) is 8.60 Å². The highest BCUT2D eigenvalue weighted by atomic mass is 32.2. The van der Waals surface area contributed by atoms with E-state index in [4.69, 9.17) is 0 Å². The van der Waals surface area contributed by atoms with E-state index < -0.39 is 16.6 Å². The molecular formula is C12H21FN4OS. The molecule has 0 amide bonds. The van der Waals surface area contributed by atoms with E-state index in [0.717, 1.165) is 19.2 Å². The van der Waals surface area contributed by atoms with Gasteiger partial charge in [0.2, 0.25) is 5.95 Å². The van der Waals surface area contributed by atoms with Crippen LogP contribution in [0, 0.1) is 5.82 Å². The van der Waals surface area contributed by atoms with Gasteiger partial charge in [-0.1, -0.05) is 6.92 Å². The van der Waals surface area contributed by atoms with E-state index >= 15 is 0 Å². The summed E-state index contributed by atoms with van der Waals surface area (Å²) in [6.45, 7) is 4.69. The molecule has 0 aromatic carbocycles. The lowest BCUT2D eigenvalue weighted by Gasteiger charge is -2.15. The van der Waals surface area contributed by atoms with Crippen molar-refractivity contribution in [3.8, 4) is 0 Å². The third kappa shape index (κ3) is 5.96. The first kappa shape index (κ1) is 15.8. The summed E-state index contributed by atoms with van der Waals surface area (Å²) in [6.07, 6.45) is 4.45. The number of hydrogen-bond acceptors (Lipinski definition) is 5. The van der Waals surface area contributed by atoms with Crippen molar-refractivity contribution in [2.75, 3.05) is 29.2 Å². The minimum atomic E-state index is -0.837. The summed E-state index contributed by atoms with van der Waals surface area (Å²) in [5, 5.41) is 5.99. The van der Waals surface area contributed by atoms with Crippen LogP contribution in [0.3, 0.4) is 0 Å². The molecule has 2 atom stereocenters. The lowest BCUT2D eigenvalue weighted by Crippen LogP contribution is -2.20. The van der Waals surface area contributed by atoms with Crippen LogP contribution in [0.4, 0.5) is 16.2 Å². The number of anilines is 2. The average Bonchev–Trinajstić information content (AvgIpc) is 2.37. The van der Waals surface area contributed by atoms with E-state index in [1.807, 2.05) is 13.8 Å². The first-order chi connectivity index (χ1) is 9.02. The molecule has 7 heteroatoms. The maximum absolute atomic E-state index is 13.6. The minimum Gasteiger partial charge on any atom is -0.365 e. The molecule has 0 spiro atoms. The predicted octanol–water partition coefficient (Wildman–Crippen LogP) is 2.01. The van der Waals surface area contributed by atoms with Gasteiger partial charge in [-0.05, 0) is 19.8 Å². The summed E-state index contributed by atoms with van der Waals surface area (Å²) >= 11 is 0. The normalized spacial score (nSPS) is 13.9. The van der Waals surface area contributed by atoms with Crippen molar-refractivity contribution < 1.29 is 8.60 Å². The van der Waals surface area contributed by atoms with E-state index in [1.54, 1.807) is 6.26 Å². The van der Waals surface area contributed by atoms with Gasteiger partial charge >= 0.3 is 0 Å². The molecule has 0 radical (unpaired) electrons. The second-order valence-electron chi connectivity index (χ2n) is 4.43. The second-order valence-corrected chi connectivity index (χ2v) is 5.98. The van der Waals surface area contributed by atoms with Crippen LogP contribution in [0.2, 0.25) is 0 Å². The first-order valence-electron chi connectivity index (χ1n) is 6.36. The van der Waals surface area contributed by atoms with E-state index in [2.05, 4.69) is 20.6 Å². The van der Waals surface area contributed by atoms with E-state index in [1.165, 1.54) is 0 Å². The van der Waals surface area contributed by atoms with Gasteiger partial charge in [-0.25, -0.2) is 9.37 Å². The smallest absolute Gasteiger partial charge is 0.224 e. The number of rotatable bonds is 8. The molecule has 1 heterocycles. The monoisotopic (exact) mass is 288 g/mol. The van der Waals surface area contributed by atoms with Gasteiger partial charge in [0.15, 0.2) is 11.6 Å². The molecule has 108 valence electrons. The van der Waals surface area contributed by atoms with Crippen molar-refractivity contribution in [3.05, 3.63) is 12.0 Å². The van der Waals surface area contributed by atoms with Crippen LogP contribution in [0.5, 0.6) is 0 Å². The third-order valence-corrected chi connectivity index (χ3v) is 3.31. The number of nitrogens with one attached hydrogen (secondary N) is 2. The molecule has 2 N–H and O–H groups in total. The van der Waals surface area contributed by atoms with Crippen LogP contribution in [-0.4, -0.2) is 38.8 Å². The largest absolute Gasteiger partial charge is 0.365 e. The minimum absolute atomic E-state index is 0.00678. The van der Waals surface area contributed by atoms with Crippen LogP contribution in [0.25, 0.3) is 0 Å². The zero-order valence-corrected chi connectivity index (χ0v) is 12.4. The molecule has 19 heavy (non-hydrogen) atoms. The number of aromatic nitrogens is 2. The first-order valence-corrected chi connectivity index (χ1v) is 8.08. The van der Waals surface area contributed by atoms with Crippen LogP contribution < -0.4 is 10.6 Å². The van der Waals surface area contributed by atoms with Gasteiger partial charge < -0.3 is 10.6 Å². The quantitative estimate of drug-likeness (QED) is 0.766. The third-order valence-electron chi connectivity index (χ3n) is 2.50. The molecule has 2 unspecified atom stereocenters. The Kier molecular flexibility index (Phi) is 6.69. The molecule has 5 nitrogen and oxygen atoms in total. The van der Waals surface area contributed by atoms with Crippen molar-refractivity contribution in [2.24, 2.45) is 0 Å². The summed E-state index contributed by atoms with van der Waals surface area (Å²) in [5.41, 5.74) is 0. The van der Waals surface area contributed by atoms with Crippen LogP contribution in [0.15, 0.2) is 6.20 Å². The Bertz CT molecular complexity index is 430. The van der Waals surface area contributed by atoms with Gasteiger partial charge in [0, 0.05) is 35.4 Å². The van der Waals surface area contributed by atoms with Crippen molar-refractivity contribution >= 4 is 22.6 Å². The Morgan fingerprint density at radius 2 is 2.26 bits per heavy atom. The zero-order chi connectivity index (χ0) is 14.3. The summed E-state index contributed by atoms with van der Waals surface area (Å²) in [5.74, 6) is 0.702. The van der Waals surface area contributed by atoms with Crippen molar-refractivity contribution in [2.45, 2.75) is 32.7 Å². The van der Waals surface area contributed by atoms with Gasteiger partial charge in [-0.2, -0.15) is 4.98 Å². The fraction of sp³-hybridized carbons (Fsp3) is 0.667. The average molecular weight is 288 g/mol. The zero-order valence-electron chi connectivity index (χ0n) is 11.6. The van der Waals surface area contributed by atoms with Gasteiger partial charge in [0.05, 0.1) is 6.20 Å². The fourth-order valence-corrected chi connectivity index (χ4v) is 2.12. The van der Waals surface area contributed by atoms with Crippen molar-refractivity contribution in [3.63, 3.8) is 0 Å². The molecule has 1 rings (SSSR count). The predicted molar refractivity (Wildman–Crippen MR) is 77.4 cm³/mol. The van der Waals surface area contributed by atoms with Crippen LogP contribution >= 0.6 is 0 Å². The highest BCUT2D eigenvalue weighted by Crippen LogP contribution is 2.14. The molecule has 1 aromatic rings. The topological polar surface area (TPSA) is 66.9 Å². The molecule has 0 fully saturated rings. The molecule has 0 aliphatic carbocycles. The van der Waals surface area contributed by atoms with E-state index in [-0.39, 0.29) is 11.9 Å². The lowest BCUT2D eigenvalue weighted by atomic mass is 10.2. The molecule has 0 saturated heterocycles. The molecular weight excluding hydrogens is 267 g/mol. The maximum Gasteiger partial charge on any atom is 0.224 e. The van der Waals surface area contributed by atoms with Gasteiger partial charge in [0.1, 0.15) is 0 Å². The number of halogens is 1. The van der Waals surface area contributed by atoms with E-state index in [0.29, 0.717) is 18.1 Å². The molecule has 0 aliphatic rings. The van der Waals surface area contributed by atoms with Crippen LogP contribution in [-0.2, 0) is 10.8 Å². The maximum atomic E-state index is 13.6. The highest BCUT2D eigenvalue weighted by Gasteiger charge is 2.10. The summed E-state index contributed by atoms with van der Waals surface area (Å²) in [4.78, 5) is 7.96. The van der Waals surface area contributed by atoms with Gasteiger partial charge in [-0.15, -0.1) is 0 Å². The van der Waals surface area contributed by atoms with Crippen LogP contribution in [0.1, 0.15) is 26.7 Å². The standard InChI is InChI=1S/C12H21FN4OS/c1-4-6-14-12-15-8-10(13)11(17-12)16-9(2)5-7-19(3)18/h8-9H,4-7H2,1-3H3,(H2,14,15,16,17). The second kappa shape index (κ2) is 8.04. The Labute approximate surface area is 115 Å². The Balaban J connectivity index is 2.62. The summed E-state index contributed by atoms with van der Waals surface area (Å²) in [6, 6.07) is 0.00678. The Morgan fingerprint density at radius 3 is 2.89 bits per heavy atom. The highest BCUT2D eigenvalue weighted by molar-refractivity contribution is 7.84. The number of hydrogen-bond donors (Lipinski definition) is 2.